The van der Waals surface area contributed by atoms with Crippen molar-refractivity contribution in [2.45, 2.75) is 0 Å². The van der Waals surface area contributed by atoms with Crippen LogP contribution in [-0.2, 0) is 0 Å². The number of para-hydroxylation sites is 1. The third-order valence-corrected chi connectivity index (χ3v) is 6.24. The highest BCUT2D eigenvalue weighted by Crippen LogP contribution is 2.36. The first-order valence-corrected chi connectivity index (χ1v) is 10.7. The van der Waals surface area contributed by atoms with E-state index in [-0.39, 0.29) is 0 Å². The zero-order chi connectivity index (χ0) is 21.7. The molecule has 0 aliphatic heterocycles. The summed E-state index contributed by atoms with van der Waals surface area (Å²) in [5.74, 6) is 0. The molecule has 0 saturated heterocycles. The van der Waals surface area contributed by atoms with Crippen LogP contribution < -0.4 is 5.46 Å². The molecule has 0 saturated carbocycles. The fraction of sp³-hybridized carbons (Fsp3) is 0. The van der Waals surface area contributed by atoms with Gasteiger partial charge >= 0.3 is 7.12 Å². The van der Waals surface area contributed by atoms with Crippen molar-refractivity contribution in [3.8, 4) is 16.8 Å². The van der Waals surface area contributed by atoms with Gasteiger partial charge in [-0.2, -0.15) is 0 Å². The Kier molecular flexibility index (Phi) is 4.35. The normalized spacial score (nSPS) is 11.4. The van der Waals surface area contributed by atoms with Gasteiger partial charge in [-0.05, 0) is 51.6 Å². The van der Waals surface area contributed by atoms with Crippen molar-refractivity contribution in [3.63, 3.8) is 0 Å². The quantitative estimate of drug-likeness (QED) is 0.388. The van der Waals surface area contributed by atoms with Crippen LogP contribution in [0, 0.1) is 0 Å². The van der Waals surface area contributed by atoms with E-state index in [4.69, 9.17) is 0 Å². The minimum absolute atomic E-state index is 0.503. The molecule has 1 aromatic heterocycles. The van der Waals surface area contributed by atoms with Crippen molar-refractivity contribution < 1.29 is 10.0 Å². The molecule has 0 aliphatic carbocycles. The number of rotatable bonds is 3. The van der Waals surface area contributed by atoms with E-state index >= 15 is 0 Å². The molecule has 0 amide bonds. The van der Waals surface area contributed by atoms with Crippen LogP contribution in [0.5, 0.6) is 0 Å². The zero-order valence-electron chi connectivity index (χ0n) is 17.3. The molecule has 0 aliphatic rings. The van der Waals surface area contributed by atoms with Gasteiger partial charge < -0.3 is 14.6 Å². The largest absolute Gasteiger partial charge is 0.489 e. The number of aromatic nitrogens is 1. The van der Waals surface area contributed by atoms with E-state index in [1.165, 1.54) is 27.1 Å². The van der Waals surface area contributed by atoms with Crippen LogP contribution in [0.3, 0.4) is 0 Å². The average Bonchev–Trinajstić information content (AvgIpc) is 3.19. The Labute approximate surface area is 185 Å². The summed E-state index contributed by atoms with van der Waals surface area (Å²) in [4.78, 5) is 0. The van der Waals surface area contributed by atoms with Gasteiger partial charge in [0.1, 0.15) is 0 Å². The van der Waals surface area contributed by atoms with E-state index < -0.39 is 7.12 Å². The van der Waals surface area contributed by atoms with Crippen LogP contribution in [0.4, 0.5) is 0 Å². The van der Waals surface area contributed by atoms with Crippen molar-refractivity contribution in [1.29, 1.82) is 0 Å². The van der Waals surface area contributed by atoms with Crippen LogP contribution in [0.15, 0.2) is 109 Å². The SMILES string of the molecule is OB(O)c1ccccc1-c1ccc(-n2c3ccccc3c3c4ccccc4ccc32)cc1. The molecule has 5 aromatic carbocycles. The smallest absolute Gasteiger partial charge is 0.423 e. The van der Waals surface area contributed by atoms with Gasteiger partial charge in [-0.3, -0.25) is 0 Å². The van der Waals surface area contributed by atoms with E-state index in [0.717, 1.165) is 22.3 Å². The lowest BCUT2D eigenvalue weighted by Crippen LogP contribution is -2.31. The Morgan fingerprint density at radius 2 is 1.25 bits per heavy atom. The Morgan fingerprint density at radius 1 is 0.562 bits per heavy atom. The molecule has 6 aromatic rings. The lowest BCUT2D eigenvalue weighted by molar-refractivity contribution is 0.426. The van der Waals surface area contributed by atoms with E-state index in [2.05, 4.69) is 77.4 Å². The Hall–Kier alpha value is -3.86. The van der Waals surface area contributed by atoms with Gasteiger partial charge in [0.25, 0.3) is 0 Å². The average molecular weight is 413 g/mol. The summed E-state index contributed by atoms with van der Waals surface area (Å²) in [6.45, 7) is 0. The molecule has 0 spiro atoms. The molecular formula is C28H20BNO2. The van der Waals surface area contributed by atoms with Gasteiger partial charge in [0, 0.05) is 16.5 Å². The standard InChI is InChI=1S/C28H20BNO2/c31-29(32)25-11-5-3-8-22(25)20-13-16-21(17-14-20)30-26-12-6-4-10-24(26)28-23-9-2-1-7-19(23)15-18-27(28)30/h1-18,31-32H. The summed E-state index contributed by atoms with van der Waals surface area (Å²) < 4.78 is 2.30. The van der Waals surface area contributed by atoms with Gasteiger partial charge in [-0.1, -0.05) is 84.9 Å². The molecule has 6 rings (SSSR count). The van der Waals surface area contributed by atoms with Crippen LogP contribution in [0.2, 0.25) is 0 Å². The summed E-state index contributed by atoms with van der Waals surface area (Å²) in [7, 11) is -1.50. The highest BCUT2D eigenvalue weighted by Gasteiger charge is 2.17. The number of hydrogen-bond donors (Lipinski definition) is 2. The molecule has 4 heteroatoms. The van der Waals surface area contributed by atoms with E-state index in [0.29, 0.717) is 5.46 Å². The second kappa shape index (κ2) is 7.38. The first-order chi connectivity index (χ1) is 15.7. The van der Waals surface area contributed by atoms with E-state index in [1.54, 1.807) is 6.07 Å². The van der Waals surface area contributed by atoms with Crippen molar-refractivity contribution in [1.82, 2.24) is 4.57 Å². The van der Waals surface area contributed by atoms with Crippen LogP contribution in [0.1, 0.15) is 0 Å². The predicted molar refractivity (Wildman–Crippen MR) is 134 cm³/mol. The number of benzene rings is 5. The van der Waals surface area contributed by atoms with Crippen molar-refractivity contribution in [2.75, 3.05) is 0 Å². The predicted octanol–water partition coefficient (Wildman–Crippen LogP) is 5.28. The summed E-state index contributed by atoms with van der Waals surface area (Å²) in [5.41, 5.74) is 5.67. The molecule has 0 radical (unpaired) electrons. The van der Waals surface area contributed by atoms with Crippen molar-refractivity contribution in [3.05, 3.63) is 109 Å². The van der Waals surface area contributed by atoms with Crippen LogP contribution in [0.25, 0.3) is 49.4 Å². The van der Waals surface area contributed by atoms with Gasteiger partial charge in [0.05, 0.1) is 11.0 Å². The highest BCUT2D eigenvalue weighted by atomic mass is 16.4. The van der Waals surface area contributed by atoms with Gasteiger partial charge in [0.15, 0.2) is 0 Å². The Balaban J connectivity index is 1.58. The molecule has 0 fully saturated rings. The minimum atomic E-state index is -1.50. The monoisotopic (exact) mass is 413 g/mol. The number of hydrogen-bond acceptors (Lipinski definition) is 2. The maximum atomic E-state index is 9.75. The molecule has 0 unspecified atom stereocenters. The Morgan fingerprint density at radius 3 is 2.06 bits per heavy atom. The molecule has 1 heterocycles. The Bertz CT molecular complexity index is 1600. The summed E-state index contributed by atoms with van der Waals surface area (Å²) in [6.07, 6.45) is 0. The van der Waals surface area contributed by atoms with Crippen molar-refractivity contribution in [2.24, 2.45) is 0 Å². The molecule has 0 bridgehead atoms. The molecule has 2 N–H and O–H groups in total. The summed E-state index contributed by atoms with van der Waals surface area (Å²) >= 11 is 0. The fourth-order valence-electron chi connectivity index (χ4n) is 4.79. The molecule has 3 nitrogen and oxygen atoms in total. The lowest BCUT2D eigenvalue weighted by atomic mass is 9.75. The second-order valence-corrected chi connectivity index (χ2v) is 8.04. The van der Waals surface area contributed by atoms with Gasteiger partial charge in [-0.25, -0.2) is 0 Å². The summed E-state index contributed by atoms with van der Waals surface area (Å²) in [5, 5.41) is 24.5. The first kappa shape index (κ1) is 18.9. The topological polar surface area (TPSA) is 45.4 Å². The molecular weight excluding hydrogens is 393 g/mol. The zero-order valence-corrected chi connectivity index (χ0v) is 17.3. The third kappa shape index (κ3) is 2.85. The van der Waals surface area contributed by atoms with Crippen LogP contribution in [-0.4, -0.2) is 21.7 Å². The van der Waals surface area contributed by atoms with Gasteiger partial charge in [-0.15, -0.1) is 0 Å². The molecule has 152 valence electrons. The third-order valence-electron chi connectivity index (χ3n) is 6.24. The van der Waals surface area contributed by atoms with Crippen molar-refractivity contribution >= 4 is 45.2 Å². The van der Waals surface area contributed by atoms with Crippen LogP contribution >= 0.6 is 0 Å². The second-order valence-electron chi connectivity index (χ2n) is 8.04. The highest BCUT2D eigenvalue weighted by molar-refractivity contribution is 6.60. The maximum Gasteiger partial charge on any atom is 0.489 e. The van der Waals surface area contributed by atoms with Gasteiger partial charge in [0.2, 0.25) is 0 Å². The minimum Gasteiger partial charge on any atom is -0.423 e. The van der Waals surface area contributed by atoms with E-state index in [9.17, 15) is 10.0 Å². The van der Waals surface area contributed by atoms with E-state index in [1.807, 2.05) is 30.3 Å². The fourth-order valence-corrected chi connectivity index (χ4v) is 4.79. The number of fused-ring (bicyclic) bond motifs is 5. The molecule has 0 atom stereocenters. The molecule has 32 heavy (non-hydrogen) atoms. The first-order valence-electron chi connectivity index (χ1n) is 10.7. The summed E-state index contributed by atoms with van der Waals surface area (Å²) in [6, 6.07) is 37.1. The number of nitrogens with zero attached hydrogens (tertiary/aromatic N) is 1. The maximum absolute atomic E-state index is 9.75. The lowest BCUT2D eigenvalue weighted by Gasteiger charge is -2.12.